The Morgan fingerprint density at radius 1 is 1.09 bits per heavy atom. The Hall–Kier alpha value is -1.65. The van der Waals surface area contributed by atoms with Crippen LogP contribution in [0.15, 0.2) is 16.3 Å². The molecule has 1 aliphatic rings. The third kappa shape index (κ3) is 5.28. The van der Waals surface area contributed by atoms with E-state index in [0.29, 0.717) is 36.6 Å². The second-order valence-electron chi connectivity index (χ2n) is 5.58. The summed E-state index contributed by atoms with van der Waals surface area (Å²) in [4.78, 5) is 28.6. The molecule has 0 amide bonds. The van der Waals surface area contributed by atoms with Crippen LogP contribution in [0, 0.1) is 5.92 Å². The van der Waals surface area contributed by atoms with Crippen molar-refractivity contribution < 1.29 is 19.1 Å². The quantitative estimate of drug-likeness (QED) is 0.509. The summed E-state index contributed by atoms with van der Waals surface area (Å²) in [5.41, 5.74) is 1.82. The normalized spacial score (nSPS) is 18.0. The molecule has 0 N–H and O–H groups in total. The van der Waals surface area contributed by atoms with Gasteiger partial charge in [0.25, 0.3) is 0 Å². The number of carbonyl (C=O) groups is 2. The van der Waals surface area contributed by atoms with E-state index in [-0.39, 0.29) is 11.9 Å². The zero-order valence-electron chi connectivity index (χ0n) is 14.1. The van der Waals surface area contributed by atoms with Crippen molar-refractivity contribution in [2.24, 2.45) is 10.9 Å². The van der Waals surface area contributed by atoms with Crippen LogP contribution in [0.3, 0.4) is 0 Å². The Labute approximate surface area is 132 Å². The maximum Gasteiger partial charge on any atom is 0.335 e. The Bertz CT molecular complexity index is 465. The maximum absolute atomic E-state index is 12.1. The van der Waals surface area contributed by atoms with Crippen molar-refractivity contribution in [2.75, 3.05) is 13.2 Å². The van der Waals surface area contributed by atoms with E-state index >= 15 is 0 Å². The van der Waals surface area contributed by atoms with E-state index in [1.54, 1.807) is 13.8 Å². The lowest BCUT2D eigenvalue weighted by Gasteiger charge is -2.22. The molecular weight excluding hydrogens is 282 g/mol. The average Bonchev–Trinajstić information content (AvgIpc) is 2.47. The highest BCUT2D eigenvalue weighted by atomic mass is 16.5. The number of ether oxygens (including phenoxy) is 2. The molecule has 0 aliphatic carbocycles. The number of nitrogens with zero attached hydrogens (tertiary/aromatic N) is 1. The van der Waals surface area contributed by atoms with E-state index < -0.39 is 5.92 Å². The van der Waals surface area contributed by atoms with Gasteiger partial charge in [-0.25, -0.2) is 4.79 Å². The first-order chi connectivity index (χ1) is 10.5. The maximum atomic E-state index is 12.1. The second-order valence-corrected chi connectivity index (χ2v) is 5.58. The number of rotatable bonds is 8. The van der Waals surface area contributed by atoms with Crippen molar-refractivity contribution >= 4 is 17.7 Å². The molecule has 0 saturated carbocycles. The average molecular weight is 309 g/mol. The van der Waals surface area contributed by atoms with Gasteiger partial charge in [-0.1, -0.05) is 26.7 Å². The van der Waals surface area contributed by atoms with Crippen LogP contribution >= 0.6 is 0 Å². The number of unbranched alkanes of at least 4 members (excludes halogenated alkanes) is 2. The van der Waals surface area contributed by atoms with Gasteiger partial charge < -0.3 is 9.47 Å². The summed E-state index contributed by atoms with van der Waals surface area (Å²) in [5.74, 6) is -1.15. The van der Waals surface area contributed by atoms with E-state index in [9.17, 15) is 9.59 Å². The Kier molecular flexibility index (Phi) is 7.85. The van der Waals surface area contributed by atoms with Gasteiger partial charge in [-0.3, -0.25) is 9.79 Å². The molecule has 1 heterocycles. The van der Waals surface area contributed by atoms with Crippen LogP contribution in [0.4, 0.5) is 0 Å². The van der Waals surface area contributed by atoms with E-state index in [0.717, 1.165) is 25.7 Å². The van der Waals surface area contributed by atoms with Gasteiger partial charge in [0, 0.05) is 11.4 Å². The Morgan fingerprint density at radius 3 is 2.27 bits per heavy atom. The SMILES string of the molecule is CCCCOC(=O)C1=C(C)N=C(C)C(C(=O)OCCCC)C1. The largest absolute Gasteiger partial charge is 0.465 e. The van der Waals surface area contributed by atoms with Crippen LogP contribution in [0.5, 0.6) is 0 Å². The van der Waals surface area contributed by atoms with Gasteiger partial charge in [0.1, 0.15) is 0 Å². The highest BCUT2D eigenvalue weighted by Gasteiger charge is 2.31. The molecule has 1 atom stereocenters. The lowest BCUT2D eigenvalue weighted by Crippen LogP contribution is -2.30. The van der Waals surface area contributed by atoms with Crippen LogP contribution in [-0.4, -0.2) is 30.9 Å². The second kappa shape index (κ2) is 9.38. The number of esters is 2. The summed E-state index contributed by atoms with van der Waals surface area (Å²) >= 11 is 0. The molecule has 5 heteroatoms. The zero-order valence-corrected chi connectivity index (χ0v) is 14.1. The van der Waals surface area contributed by atoms with E-state index in [1.165, 1.54) is 0 Å². The van der Waals surface area contributed by atoms with Crippen molar-refractivity contribution in [3.8, 4) is 0 Å². The molecule has 0 aromatic carbocycles. The monoisotopic (exact) mass is 309 g/mol. The predicted octanol–water partition coefficient (Wildman–Crippen LogP) is 3.43. The summed E-state index contributed by atoms with van der Waals surface area (Å²) in [6.07, 6.45) is 3.93. The minimum absolute atomic E-state index is 0.305. The summed E-state index contributed by atoms with van der Waals surface area (Å²) in [7, 11) is 0. The summed E-state index contributed by atoms with van der Waals surface area (Å²) < 4.78 is 10.5. The van der Waals surface area contributed by atoms with Crippen LogP contribution in [0.2, 0.25) is 0 Å². The first-order valence-corrected chi connectivity index (χ1v) is 8.09. The first kappa shape index (κ1) is 18.4. The standard InChI is InChI=1S/C17H27NO4/c1-5-7-9-21-16(19)14-11-15(13(4)18-12(14)3)17(20)22-10-8-6-2/h14H,5-11H2,1-4H3. The van der Waals surface area contributed by atoms with Crippen molar-refractivity contribution in [3.63, 3.8) is 0 Å². The summed E-state index contributed by atoms with van der Waals surface area (Å²) in [5, 5.41) is 0. The van der Waals surface area contributed by atoms with Crippen LogP contribution in [0.25, 0.3) is 0 Å². The lowest BCUT2D eigenvalue weighted by atomic mass is 9.91. The molecular formula is C17H27NO4. The highest BCUT2D eigenvalue weighted by molar-refractivity contribution is 6.04. The molecule has 0 aromatic heterocycles. The van der Waals surface area contributed by atoms with Crippen molar-refractivity contribution in [2.45, 2.75) is 59.8 Å². The van der Waals surface area contributed by atoms with Crippen LogP contribution in [0.1, 0.15) is 59.8 Å². The highest BCUT2D eigenvalue weighted by Crippen LogP contribution is 2.26. The van der Waals surface area contributed by atoms with Gasteiger partial charge in [0.2, 0.25) is 0 Å². The van der Waals surface area contributed by atoms with Gasteiger partial charge in [-0.15, -0.1) is 0 Å². The Morgan fingerprint density at radius 2 is 1.68 bits per heavy atom. The number of hydrogen-bond acceptors (Lipinski definition) is 5. The lowest BCUT2D eigenvalue weighted by molar-refractivity contribution is -0.146. The fourth-order valence-corrected chi connectivity index (χ4v) is 2.21. The number of hydrogen-bond donors (Lipinski definition) is 0. The van der Waals surface area contributed by atoms with Gasteiger partial charge in [-0.2, -0.15) is 0 Å². The number of carbonyl (C=O) groups excluding carboxylic acids is 2. The molecule has 1 unspecified atom stereocenters. The van der Waals surface area contributed by atoms with Crippen molar-refractivity contribution in [1.82, 2.24) is 0 Å². The van der Waals surface area contributed by atoms with Gasteiger partial charge in [-0.05, 0) is 33.1 Å². The molecule has 1 rings (SSSR count). The molecule has 0 bridgehead atoms. The molecule has 0 aromatic rings. The van der Waals surface area contributed by atoms with Crippen LogP contribution in [-0.2, 0) is 19.1 Å². The van der Waals surface area contributed by atoms with Gasteiger partial charge >= 0.3 is 11.9 Å². The fourth-order valence-electron chi connectivity index (χ4n) is 2.21. The van der Waals surface area contributed by atoms with Crippen LogP contribution < -0.4 is 0 Å². The predicted molar refractivity (Wildman–Crippen MR) is 85.7 cm³/mol. The van der Waals surface area contributed by atoms with Crippen molar-refractivity contribution in [1.29, 1.82) is 0 Å². The van der Waals surface area contributed by atoms with Gasteiger partial charge in [0.05, 0.1) is 24.7 Å². The smallest absolute Gasteiger partial charge is 0.335 e. The number of allylic oxidation sites excluding steroid dienone is 1. The van der Waals surface area contributed by atoms with Gasteiger partial charge in [0.15, 0.2) is 0 Å². The first-order valence-electron chi connectivity index (χ1n) is 8.09. The van der Waals surface area contributed by atoms with E-state index in [2.05, 4.69) is 4.99 Å². The molecule has 124 valence electrons. The topological polar surface area (TPSA) is 65.0 Å². The third-order valence-corrected chi connectivity index (χ3v) is 3.70. The molecule has 0 radical (unpaired) electrons. The molecule has 1 aliphatic heterocycles. The van der Waals surface area contributed by atoms with E-state index in [4.69, 9.17) is 9.47 Å². The molecule has 0 saturated heterocycles. The molecule has 5 nitrogen and oxygen atoms in total. The Balaban J connectivity index is 2.69. The molecule has 0 fully saturated rings. The third-order valence-electron chi connectivity index (χ3n) is 3.70. The minimum Gasteiger partial charge on any atom is -0.465 e. The minimum atomic E-state index is -0.478. The summed E-state index contributed by atoms with van der Waals surface area (Å²) in [6.45, 7) is 8.47. The molecule has 0 spiro atoms. The zero-order chi connectivity index (χ0) is 16.5. The number of aliphatic imine (C=N–C) groups is 1. The fraction of sp³-hybridized carbons (Fsp3) is 0.706. The summed E-state index contributed by atoms with van der Waals surface area (Å²) in [6, 6.07) is 0. The van der Waals surface area contributed by atoms with E-state index in [1.807, 2.05) is 13.8 Å². The molecule has 22 heavy (non-hydrogen) atoms. The van der Waals surface area contributed by atoms with Crippen molar-refractivity contribution in [3.05, 3.63) is 11.3 Å².